The van der Waals surface area contributed by atoms with E-state index in [0.717, 1.165) is 30.5 Å². The van der Waals surface area contributed by atoms with Gasteiger partial charge in [-0.05, 0) is 44.9 Å². The standard InChI is InChI=1S/C16H27N3O/c1-3-11-7-8-12(10-11)14-18-15(20-19-14)16(2)9-5-4-6-13(16)17/h11-13H,3-10,17H2,1-2H3. The lowest BCUT2D eigenvalue weighted by atomic mass is 9.72. The van der Waals surface area contributed by atoms with E-state index in [0.29, 0.717) is 5.92 Å². The molecule has 0 amide bonds. The number of nitrogens with zero attached hydrogens (tertiary/aromatic N) is 2. The summed E-state index contributed by atoms with van der Waals surface area (Å²) < 4.78 is 5.62. The van der Waals surface area contributed by atoms with Crippen LogP contribution in [0.1, 0.15) is 82.8 Å². The number of hydrogen-bond acceptors (Lipinski definition) is 4. The van der Waals surface area contributed by atoms with Gasteiger partial charge in [0.1, 0.15) is 0 Å². The van der Waals surface area contributed by atoms with Gasteiger partial charge >= 0.3 is 0 Å². The van der Waals surface area contributed by atoms with Crippen molar-refractivity contribution in [3.05, 3.63) is 11.7 Å². The van der Waals surface area contributed by atoms with Crippen LogP contribution in [0.2, 0.25) is 0 Å². The third-order valence-electron chi connectivity index (χ3n) is 5.69. The van der Waals surface area contributed by atoms with Crippen LogP contribution >= 0.6 is 0 Å². The van der Waals surface area contributed by atoms with Crippen LogP contribution in [-0.2, 0) is 5.41 Å². The topological polar surface area (TPSA) is 64.9 Å². The van der Waals surface area contributed by atoms with Gasteiger partial charge in [-0.1, -0.05) is 31.3 Å². The highest BCUT2D eigenvalue weighted by Crippen LogP contribution is 2.41. The summed E-state index contributed by atoms with van der Waals surface area (Å²) in [5.41, 5.74) is 6.20. The Labute approximate surface area is 121 Å². The van der Waals surface area contributed by atoms with E-state index in [1.54, 1.807) is 0 Å². The van der Waals surface area contributed by atoms with Crippen LogP contribution in [0.25, 0.3) is 0 Å². The van der Waals surface area contributed by atoms with E-state index >= 15 is 0 Å². The number of rotatable bonds is 3. The fourth-order valence-electron chi connectivity index (χ4n) is 3.94. The van der Waals surface area contributed by atoms with E-state index < -0.39 is 0 Å². The molecule has 4 unspecified atom stereocenters. The Kier molecular flexibility index (Phi) is 3.85. The molecular formula is C16H27N3O. The maximum atomic E-state index is 6.32. The lowest BCUT2D eigenvalue weighted by molar-refractivity contribution is 0.202. The Morgan fingerprint density at radius 2 is 2.15 bits per heavy atom. The zero-order valence-corrected chi connectivity index (χ0v) is 12.8. The van der Waals surface area contributed by atoms with Gasteiger partial charge in [-0.3, -0.25) is 0 Å². The molecule has 2 N–H and O–H groups in total. The molecule has 1 aromatic heterocycles. The summed E-state index contributed by atoms with van der Waals surface area (Å²) in [7, 11) is 0. The lowest BCUT2D eigenvalue weighted by Gasteiger charge is -2.35. The van der Waals surface area contributed by atoms with Crippen molar-refractivity contribution in [2.75, 3.05) is 0 Å². The maximum Gasteiger partial charge on any atom is 0.234 e. The number of aromatic nitrogens is 2. The summed E-state index contributed by atoms with van der Waals surface area (Å²) in [5, 5.41) is 4.28. The molecule has 3 rings (SSSR count). The summed E-state index contributed by atoms with van der Waals surface area (Å²) in [6.45, 7) is 4.47. The van der Waals surface area contributed by atoms with Crippen molar-refractivity contribution in [3.63, 3.8) is 0 Å². The van der Waals surface area contributed by atoms with Crippen LogP contribution in [0.5, 0.6) is 0 Å². The van der Waals surface area contributed by atoms with Crippen LogP contribution < -0.4 is 5.73 Å². The van der Waals surface area contributed by atoms with Crippen molar-refractivity contribution in [2.45, 2.75) is 82.6 Å². The Morgan fingerprint density at radius 1 is 1.30 bits per heavy atom. The molecule has 0 spiro atoms. The van der Waals surface area contributed by atoms with E-state index in [2.05, 4.69) is 19.0 Å². The molecule has 4 heteroatoms. The second-order valence-corrected chi connectivity index (χ2v) is 7.01. The predicted octanol–water partition coefficient (Wildman–Crippen LogP) is 3.52. The Bertz CT molecular complexity index is 458. The first-order chi connectivity index (χ1) is 9.63. The highest BCUT2D eigenvalue weighted by atomic mass is 16.5. The Morgan fingerprint density at radius 3 is 2.85 bits per heavy atom. The molecule has 4 nitrogen and oxygen atoms in total. The van der Waals surface area contributed by atoms with Crippen molar-refractivity contribution < 1.29 is 4.52 Å². The van der Waals surface area contributed by atoms with Gasteiger partial charge in [0.25, 0.3) is 0 Å². The molecule has 2 aliphatic carbocycles. The van der Waals surface area contributed by atoms with Gasteiger partial charge in [0, 0.05) is 12.0 Å². The molecule has 2 aliphatic rings. The van der Waals surface area contributed by atoms with E-state index in [9.17, 15) is 0 Å². The van der Waals surface area contributed by atoms with Crippen molar-refractivity contribution in [3.8, 4) is 0 Å². The van der Waals surface area contributed by atoms with Crippen molar-refractivity contribution >= 4 is 0 Å². The fraction of sp³-hybridized carbons (Fsp3) is 0.875. The van der Waals surface area contributed by atoms with Crippen molar-refractivity contribution in [1.82, 2.24) is 10.1 Å². The summed E-state index contributed by atoms with van der Waals surface area (Å²) in [6.07, 6.45) is 9.57. The first-order valence-electron chi connectivity index (χ1n) is 8.23. The predicted molar refractivity (Wildman–Crippen MR) is 78.5 cm³/mol. The highest BCUT2D eigenvalue weighted by Gasteiger charge is 2.41. The number of nitrogens with two attached hydrogens (primary N) is 1. The van der Waals surface area contributed by atoms with E-state index in [-0.39, 0.29) is 11.5 Å². The molecule has 1 heterocycles. The van der Waals surface area contributed by atoms with Gasteiger partial charge in [-0.2, -0.15) is 4.98 Å². The fourth-order valence-corrected chi connectivity index (χ4v) is 3.94. The average molecular weight is 277 g/mol. The molecule has 0 aliphatic heterocycles. The first-order valence-corrected chi connectivity index (χ1v) is 8.23. The van der Waals surface area contributed by atoms with Crippen molar-refractivity contribution in [1.29, 1.82) is 0 Å². The van der Waals surface area contributed by atoms with Crippen LogP contribution in [0.4, 0.5) is 0 Å². The van der Waals surface area contributed by atoms with Gasteiger partial charge in [0.2, 0.25) is 5.89 Å². The first kappa shape index (κ1) is 14.1. The quantitative estimate of drug-likeness (QED) is 0.918. The molecule has 2 fully saturated rings. The lowest BCUT2D eigenvalue weighted by Crippen LogP contribution is -2.45. The molecule has 0 saturated heterocycles. The normalized spacial score (nSPS) is 38.2. The molecule has 0 bridgehead atoms. The Hall–Kier alpha value is -0.900. The van der Waals surface area contributed by atoms with Crippen LogP contribution in [0, 0.1) is 5.92 Å². The molecule has 0 aromatic carbocycles. The van der Waals surface area contributed by atoms with Gasteiger partial charge < -0.3 is 10.3 Å². The third kappa shape index (κ3) is 2.39. The maximum absolute atomic E-state index is 6.32. The summed E-state index contributed by atoms with van der Waals surface area (Å²) in [5.74, 6) is 3.05. The van der Waals surface area contributed by atoms with Gasteiger partial charge in [-0.25, -0.2) is 0 Å². The molecule has 1 aromatic rings. The average Bonchev–Trinajstić information content (AvgIpc) is 3.09. The van der Waals surface area contributed by atoms with Gasteiger partial charge in [0.15, 0.2) is 5.82 Å². The molecule has 0 radical (unpaired) electrons. The van der Waals surface area contributed by atoms with Crippen molar-refractivity contribution in [2.24, 2.45) is 11.7 Å². The molecule has 2 saturated carbocycles. The molecular weight excluding hydrogens is 250 g/mol. The zero-order valence-electron chi connectivity index (χ0n) is 12.8. The molecule has 4 atom stereocenters. The van der Waals surface area contributed by atoms with Gasteiger partial charge in [-0.15, -0.1) is 0 Å². The largest absolute Gasteiger partial charge is 0.339 e. The number of hydrogen-bond donors (Lipinski definition) is 1. The second-order valence-electron chi connectivity index (χ2n) is 7.01. The third-order valence-corrected chi connectivity index (χ3v) is 5.69. The molecule has 112 valence electrons. The Balaban J connectivity index is 1.76. The summed E-state index contributed by atoms with van der Waals surface area (Å²) in [4.78, 5) is 4.75. The minimum atomic E-state index is -0.119. The monoisotopic (exact) mass is 277 g/mol. The van der Waals surface area contributed by atoms with E-state index in [4.69, 9.17) is 15.2 Å². The smallest absolute Gasteiger partial charge is 0.234 e. The SMILES string of the molecule is CCC1CCC(c2noc(C3(C)CCCCC3N)n2)C1. The summed E-state index contributed by atoms with van der Waals surface area (Å²) >= 11 is 0. The van der Waals surface area contributed by atoms with Gasteiger partial charge in [0.05, 0.1) is 5.41 Å². The summed E-state index contributed by atoms with van der Waals surface area (Å²) in [6, 6.07) is 0.150. The minimum absolute atomic E-state index is 0.119. The van der Waals surface area contributed by atoms with Crippen LogP contribution in [0.3, 0.4) is 0 Å². The highest BCUT2D eigenvalue weighted by molar-refractivity contribution is 5.12. The molecule has 20 heavy (non-hydrogen) atoms. The van der Waals surface area contributed by atoms with Crippen LogP contribution in [-0.4, -0.2) is 16.2 Å². The second kappa shape index (κ2) is 5.47. The van der Waals surface area contributed by atoms with E-state index in [1.807, 2.05) is 0 Å². The zero-order chi connectivity index (χ0) is 14.2. The van der Waals surface area contributed by atoms with Crippen LogP contribution in [0.15, 0.2) is 4.52 Å². The minimum Gasteiger partial charge on any atom is -0.339 e. The van der Waals surface area contributed by atoms with E-state index in [1.165, 1.54) is 38.5 Å².